The van der Waals surface area contributed by atoms with Gasteiger partial charge in [-0.05, 0) is 39.3 Å². The minimum atomic E-state index is 0. The number of halogens is 1. The molecule has 0 radical (unpaired) electrons. The molecule has 2 unspecified atom stereocenters. The fourth-order valence-corrected chi connectivity index (χ4v) is 3.29. The second-order valence-electron chi connectivity index (χ2n) is 7.60. The summed E-state index contributed by atoms with van der Waals surface area (Å²) in [7, 11) is 2.20. The number of hydrogen-bond acceptors (Lipinski definition) is 3. The van der Waals surface area contributed by atoms with Gasteiger partial charge >= 0.3 is 0 Å². The van der Waals surface area contributed by atoms with Crippen molar-refractivity contribution in [2.75, 3.05) is 52.9 Å². The smallest absolute Gasteiger partial charge is 0.191 e. The van der Waals surface area contributed by atoms with Crippen LogP contribution in [-0.2, 0) is 0 Å². The molecule has 1 fully saturated rings. The summed E-state index contributed by atoms with van der Waals surface area (Å²) in [6, 6.07) is 9.24. The molecule has 1 aromatic rings. The molecule has 0 amide bonds. The zero-order chi connectivity index (χ0) is 18.9. The van der Waals surface area contributed by atoms with Crippen molar-refractivity contribution >= 4 is 29.9 Å². The van der Waals surface area contributed by atoms with Gasteiger partial charge in [0.15, 0.2) is 5.96 Å². The Kier molecular flexibility index (Phi) is 11.3. The third kappa shape index (κ3) is 8.35. The van der Waals surface area contributed by atoms with Crippen LogP contribution in [0.25, 0.3) is 0 Å². The fourth-order valence-electron chi connectivity index (χ4n) is 3.29. The Morgan fingerprint density at radius 2 is 1.85 bits per heavy atom. The third-order valence-corrected chi connectivity index (χ3v) is 5.21. The molecule has 5 nitrogen and oxygen atoms in total. The number of likely N-dealkylation sites (N-methyl/N-ethyl adjacent to an activating group) is 1. The van der Waals surface area contributed by atoms with Crippen LogP contribution in [0.2, 0.25) is 0 Å². The molecular formula is C21H38IN5. The molecule has 1 aliphatic rings. The Balaban J connectivity index is 0.00000364. The van der Waals surface area contributed by atoms with Crippen LogP contribution in [0.3, 0.4) is 0 Å². The second-order valence-corrected chi connectivity index (χ2v) is 7.60. The second kappa shape index (κ2) is 12.6. The predicted molar refractivity (Wildman–Crippen MR) is 128 cm³/mol. The molecule has 2 rings (SSSR count). The van der Waals surface area contributed by atoms with Gasteiger partial charge in [0.1, 0.15) is 0 Å². The first kappa shape index (κ1) is 24.2. The lowest BCUT2D eigenvalue weighted by molar-refractivity contribution is 0.122. The molecule has 0 aliphatic carbocycles. The van der Waals surface area contributed by atoms with Crippen molar-refractivity contribution in [3.63, 3.8) is 0 Å². The zero-order valence-corrected chi connectivity index (χ0v) is 20.0. The summed E-state index contributed by atoms with van der Waals surface area (Å²) in [5.74, 6) is 1.38. The molecule has 0 spiro atoms. The highest BCUT2D eigenvalue weighted by atomic mass is 127. The summed E-state index contributed by atoms with van der Waals surface area (Å²) >= 11 is 0. The Hall–Kier alpha value is -0.860. The van der Waals surface area contributed by atoms with Gasteiger partial charge in [-0.2, -0.15) is 0 Å². The topological polar surface area (TPSA) is 42.9 Å². The van der Waals surface area contributed by atoms with E-state index in [1.807, 2.05) is 0 Å². The van der Waals surface area contributed by atoms with E-state index in [0.717, 1.165) is 51.8 Å². The molecule has 6 heteroatoms. The van der Waals surface area contributed by atoms with Gasteiger partial charge < -0.3 is 15.5 Å². The summed E-state index contributed by atoms with van der Waals surface area (Å²) in [5, 5.41) is 6.89. The van der Waals surface area contributed by atoms with Crippen LogP contribution in [-0.4, -0.2) is 74.7 Å². The van der Waals surface area contributed by atoms with E-state index in [-0.39, 0.29) is 24.0 Å². The first-order valence-electron chi connectivity index (χ1n) is 10.0. The molecule has 2 N–H and O–H groups in total. The Labute approximate surface area is 183 Å². The van der Waals surface area contributed by atoms with E-state index >= 15 is 0 Å². The Morgan fingerprint density at radius 1 is 1.15 bits per heavy atom. The number of nitrogens with zero attached hydrogens (tertiary/aromatic N) is 3. The van der Waals surface area contributed by atoms with Crippen molar-refractivity contribution in [2.24, 2.45) is 4.99 Å². The predicted octanol–water partition coefficient (Wildman–Crippen LogP) is 2.91. The Morgan fingerprint density at radius 3 is 2.48 bits per heavy atom. The van der Waals surface area contributed by atoms with E-state index in [0.29, 0.717) is 12.0 Å². The minimum absolute atomic E-state index is 0. The van der Waals surface area contributed by atoms with Crippen molar-refractivity contribution in [3.05, 3.63) is 35.4 Å². The van der Waals surface area contributed by atoms with Gasteiger partial charge in [0.25, 0.3) is 0 Å². The molecular weight excluding hydrogens is 449 g/mol. The maximum atomic E-state index is 4.83. The highest BCUT2D eigenvalue weighted by Gasteiger charge is 2.18. The lowest BCUT2D eigenvalue weighted by Crippen LogP contribution is -2.49. The molecule has 1 saturated heterocycles. The van der Waals surface area contributed by atoms with Crippen LogP contribution in [0.1, 0.15) is 37.8 Å². The van der Waals surface area contributed by atoms with E-state index in [1.54, 1.807) is 0 Å². The highest BCUT2D eigenvalue weighted by Crippen LogP contribution is 2.15. The standard InChI is InChI=1S/C21H37N5.HI/c1-6-22-21(23-15-18(3)20-9-7-8-17(2)14-20)24-16-19(4)26-12-10-25(5)11-13-26;/h7-9,14,18-19H,6,10-13,15-16H2,1-5H3,(H2,22,23,24);1H. The summed E-state index contributed by atoms with van der Waals surface area (Å²) in [4.78, 5) is 9.77. The maximum Gasteiger partial charge on any atom is 0.191 e. The first-order valence-corrected chi connectivity index (χ1v) is 10.0. The number of nitrogens with one attached hydrogen (secondary N) is 2. The molecule has 2 atom stereocenters. The van der Waals surface area contributed by atoms with Gasteiger partial charge in [-0.1, -0.05) is 36.8 Å². The SMILES string of the molecule is CCNC(=NCC(C)N1CCN(C)CC1)NCC(C)c1cccc(C)c1.I. The van der Waals surface area contributed by atoms with Crippen molar-refractivity contribution < 1.29 is 0 Å². The molecule has 0 aromatic heterocycles. The van der Waals surface area contributed by atoms with Crippen LogP contribution in [0.15, 0.2) is 29.3 Å². The molecule has 1 aromatic carbocycles. The summed E-state index contributed by atoms with van der Waals surface area (Å²) in [6.45, 7) is 16.0. The van der Waals surface area contributed by atoms with Gasteiger partial charge in [-0.3, -0.25) is 9.89 Å². The van der Waals surface area contributed by atoms with Crippen LogP contribution < -0.4 is 10.6 Å². The van der Waals surface area contributed by atoms with Crippen molar-refractivity contribution in [2.45, 2.75) is 39.7 Å². The van der Waals surface area contributed by atoms with Crippen LogP contribution >= 0.6 is 24.0 Å². The minimum Gasteiger partial charge on any atom is -0.357 e. The van der Waals surface area contributed by atoms with Gasteiger partial charge in [0.05, 0.1) is 6.54 Å². The molecule has 154 valence electrons. The van der Waals surface area contributed by atoms with Crippen LogP contribution in [0.5, 0.6) is 0 Å². The zero-order valence-electron chi connectivity index (χ0n) is 17.7. The number of aliphatic imine (C=N–C) groups is 1. The summed E-state index contributed by atoms with van der Waals surface area (Å²) < 4.78 is 0. The number of piperazine rings is 1. The van der Waals surface area contributed by atoms with Gasteiger partial charge in [-0.15, -0.1) is 24.0 Å². The molecule has 0 bridgehead atoms. The largest absolute Gasteiger partial charge is 0.357 e. The normalized spacial score (nSPS) is 18.5. The first-order chi connectivity index (χ1) is 12.5. The number of hydrogen-bond donors (Lipinski definition) is 2. The van der Waals surface area contributed by atoms with Crippen LogP contribution in [0.4, 0.5) is 0 Å². The lowest BCUT2D eigenvalue weighted by atomic mass is 9.99. The van der Waals surface area contributed by atoms with E-state index in [9.17, 15) is 0 Å². The van der Waals surface area contributed by atoms with Gasteiger partial charge in [0, 0.05) is 45.3 Å². The summed E-state index contributed by atoms with van der Waals surface area (Å²) in [6.07, 6.45) is 0. The van der Waals surface area contributed by atoms with Gasteiger partial charge in [-0.25, -0.2) is 0 Å². The van der Waals surface area contributed by atoms with Crippen LogP contribution in [0, 0.1) is 6.92 Å². The van der Waals surface area contributed by atoms with Crippen molar-refractivity contribution in [1.29, 1.82) is 0 Å². The average molecular weight is 487 g/mol. The van der Waals surface area contributed by atoms with Crippen molar-refractivity contribution in [3.8, 4) is 0 Å². The number of guanidine groups is 1. The molecule has 1 aliphatic heterocycles. The monoisotopic (exact) mass is 487 g/mol. The fraction of sp³-hybridized carbons (Fsp3) is 0.667. The number of rotatable bonds is 7. The molecule has 0 saturated carbocycles. The molecule has 1 heterocycles. The summed E-state index contributed by atoms with van der Waals surface area (Å²) in [5.41, 5.74) is 2.69. The molecule has 27 heavy (non-hydrogen) atoms. The number of benzene rings is 1. The van der Waals surface area contributed by atoms with E-state index in [4.69, 9.17) is 4.99 Å². The maximum absolute atomic E-state index is 4.83. The van der Waals surface area contributed by atoms with E-state index in [2.05, 4.69) is 79.4 Å². The quantitative estimate of drug-likeness (QED) is 0.353. The third-order valence-electron chi connectivity index (χ3n) is 5.21. The van der Waals surface area contributed by atoms with Gasteiger partial charge in [0.2, 0.25) is 0 Å². The average Bonchev–Trinajstić information content (AvgIpc) is 2.64. The lowest BCUT2D eigenvalue weighted by Gasteiger charge is -2.35. The van der Waals surface area contributed by atoms with E-state index < -0.39 is 0 Å². The Bertz CT molecular complexity index is 569. The van der Waals surface area contributed by atoms with E-state index in [1.165, 1.54) is 11.1 Å². The van der Waals surface area contributed by atoms with Crippen molar-refractivity contribution in [1.82, 2.24) is 20.4 Å². The number of aryl methyl sites for hydroxylation is 1. The highest BCUT2D eigenvalue weighted by molar-refractivity contribution is 14.0.